The summed E-state index contributed by atoms with van der Waals surface area (Å²) in [4.78, 5) is 19.6. The van der Waals surface area contributed by atoms with Crippen molar-refractivity contribution in [2.45, 2.75) is 46.1 Å². The molecule has 1 aromatic heterocycles. The summed E-state index contributed by atoms with van der Waals surface area (Å²) in [6.07, 6.45) is 1.66. The highest BCUT2D eigenvalue weighted by Gasteiger charge is 2.34. The van der Waals surface area contributed by atoms with Crippen molar-refractivity contribution < 1.29 is 4.79 Å². The second-order valence-corrected chi connectivity index (χ2v) is 7.82. The Kier molecular flexibility index (Phi) is 4.73. The molecule has 0 radical (unpaired) electrons. The van der Waals surface area contributed by atoms with Crippen molar-refractivity contribution in [1.82, 2.24) is 9.55 Å². The fourth-order valence-corrected chi connectivity index (χ4v) is 3.89. The molecule has 1 saturated heterocycles. The Morgan fingerprint density at radius 2 is 1.89 bits per heavy atom. The average Bonchev–Trinajstić information content (AvgIpc) is 3.23. The third-order valence-corrected chi connectivity index (χ3v) is 5.71. The van der Waals surface area contributed by atoms with Crippen LogP contribution in [0.2, 0.25) is 0 Å². The molecule has 1 aliphatic heterocycles. The summed E-state index contributed by atoms with van der Waals surface area (Å²) in [5.74, 6) is 1.95. The maximum absolute atomic E-state index is 12.7. The van der Waals surface area contributed by atoms with Crippen molar-refractivity contribution in [3.63, 3.8) is 0 Å². The first kappa shape index (κ1) is 17.8. The minimum atomic E-state index is 0.134. The van der Waals surface area contributed by atoms with E-state index in [1.54, 1.807) is 0 Å². The lowest BCUT2D eigenvalue weighted by Gasteiger charge is -2.19. The van der Waals surface area contributed by atoms with Crippen molar-refractivity contribution in [2.75, 3.05) is 11.4 Å². The van der Waals surface area contributed by atoms with Gasteiger partial charge in [0.05, 0.1) is 11.0 Å². The fraction of sp³-hybridized carbons (Fsp3) is 0.391. The van der Waals surface area contributed by atoms with Crippen LogP contribution in [0, 0.1) is 12.8 Å². The molecular weight excluding hydrogens is 334 g/mol. The smallest absolute Gasteiger partial charge is 0.227 e. The van der Waals surface area contributed by atoms with Crippen molar-refractivity contribution in [3.8, 4) is 0 Å². The maximum Gasteiger partial charge on any atom is 0.227 e. The number of aryl methyl sites for hydroxylation is 1. The lowest BCUT2D eigenvalue weighted by molar-refractivity contribution is -0.117. The predicted octanol–water partition coefficient (Wildman–Crippen LogP) is 4.91. The molecule has 140 valence electrons. The maximum atomic E-state index is 12.7. The molecule has 2 aromatic carbocycles. The molecule has 0 spiro atoms. The fourth-order valence-electron chi connectivity index (χ4n) is 3.89. The number of carbonyl (C=O) groups excluding carboxylic acids is 1. The first-order chi connectivity index (χ1) is 13.1. The molecule has 1 amide bonds. The van der Waals surface area contributed by atoms with Gasteiger partial charge in [-0.3, -0.25) is 4.79 Å². The molecule has 0 N–H and O–H groups in total. The van der Waals surface area contributed by atoms with Gasteiger partial charge in [-0.1, -0.05) is 50.1 Å². The molecule has 0 unspecified atom stereocenters. The largest absolute Gasteiger partial charge is 0.327 e. The van der Waals surface area contributed by atoms with Gasteiger partial charge in [0.25, 0.3) is 0 Å². The highest BCUT2D eigenvalue weighted by molar-refractivity contribution is 5.96. The standard InChI is InChI=1S/C23H27N3O/c1-4-16(2)14-26-21-8-6-5-7-20(21)24-23(26)18-13-22(27)25(15-18)19-11-9-17(3)10-12-19/h5-12,16,18H,4,13-15H2,1-3H3/t16-,18-/m1/s1. The van der Waals surface area contributed by atoms with Crippen LogP contribution < -0.4 is 4.90 Å². The number of carbonyl (C=O) groups is 1. The number of hydrogen-bond donors (Lipinski definition) is 0. The van der Waals surface area contributed by atoms with Crippen LogP contribution >= 0.6 is 0 Å². The summed E-state index contributed by atoms with van der Waals surface area (Å²) < 4.78 is 2.35. The van der Waals surface area contributed by atoms with Crippen LogP contribution in [0.15, 0.2) is 48.5 Å². The normalized spacial score (nSPS) is 18.4. The number of nitrogens with zero attached hydrogens (tertiary/aromatic N) is 3. The van der Waals surface area contributed by atoms with E-state index in [1.165, 1.54) is 11.1 Å². The summed E-state index contributed by atoms with van der Waals surface area (Å²) in [6, 6.07) is 16.5. The molecule has 0 saturated carbocycles. The van der Waals surface area contributed by atoms with E-state index in [4.69, 9.17) is 4.98 Å². The number of fused-ring (bicyclic) bond motifs is 1. The second kappa shape index (κ2) is 7.18. The monoisotopic (exact) mass is 361 g/mol. The predicted molar refractivity (Wildman–Crippen MR) is 110 cm³/mol. The number of amides is 1. The summed E-state index contributed by atoms with van der Waals surface area (Å²) in [7, 11) is 0. The minimum Gasteiger partial charge on any atom is -0.327 e. The molecule has 2 heterocycles. The number of benzene rings is 2. The topological polar surface area (TPSA) is 38.1 Å². The van der Waals surface area contributed by atoms with Gasteiger partial charge in [-0.15, -0.1) is 0 Å². The van der Waals surface area contributed by atoms with Crippen LogP contribution in [-0.4, -0.2) is 22.0 Å². The summed E-state index contributed by atoms with van der Waals surface area (Å²) >= 11 is 0. The van der Waals surface area contributed by atoms with Gasteiger partial charge in [-0.25, -0.2) is 4.98 Å². The van der Waals surface area contributed by atoms with Crippen molar-refractivity contribution in [3.05, 3.63) is 59.9 Å². The van der Waals surface area contributed by atoms with Crippen molar-refractivity contribution in [1.29, 1.82) is 0 Å². The van der Waals surface area contributed by atoms with E-state index < -0.39 is 0 Å². The van der Waals surface area contributed by atoms with E-state index >= 15 is 0 Å². The number of hydrogen-bond acceptors (Lipinski definition) is 2. The zero-order valence-electron chi connectivity index (χ0n) is 16.4. The molecule has 0 aliphatic carbocycles. The number of anilines is 1. The summed E-state index contributed by atoms with van der Waals surface area (Å²) in [5, 5.41) is 0. The van der Waals surface area contributed by atoms with Gasteiger partial charge < -0.3 is 9.47 Å². The first-order valence-electron chi connectivity index (χ1n) is 9.89. The molecule has 4 rings (SSSR count). The van der Waals surface area contributed by atoms with Crippen molar-refractivity contribution >= 4 is 22.6 Å². The highest BCUT2D eigenvalue weighted by Crippen LogP contribution is 2.33. The van der Waals surface area contributed by atoms with Gasteiger partial charge in [0.1, 0.15) is 5.82 Å². The van der Waals surface area contributed by atoms with Gasteiger partial charge in [0.15, 0.2) is 0 Å². The lowest BCUT2D eigenvalue weighted by atomic mass is 10.1. The average molecular weight is 361 g/mol. The molecule has 4 heteroatoms. The van der Waals surface area contributed by atoms with Gasteiger partial charge in [-0.05, 0) is 37.1 Å². The molecule has 3 aromatic rings. The van der Waals surface area contributed by atoms with Crippen molar-refractivity contribution in [2.24, 2.45) is 5.92 Å². The van der Waals surface area contributed by atoms with E-state index in [1.807, 2.05) is 23.1 Å². The lowest BCUT2D eigenvalue weighted by Crippen LogP contribution is -2.24. The molecule has 2 atom stereocenters. The van der Waals surface area contributed by atoms with Crippen LogP contribution in [0.3, 0.4) is 0 Å². The van der Waals surface area contributed by atoms with Crippen LogP contribution in [0.25, 0.3) is 11.0 Å². The molecule has 4 nitrogen and oxygen atoms in total. The van der Waals surface area contributed by atoms with E-state index in [9.17, 15) is 4.79 Å². The van der Waals surface area contributed by atoms with E-state index in [-0.39, 0.29) is 11.8 Å². The molecule has 0 bridgehead atoms. The van der Waals surface area contributed by atoms with E-state index in [0.29, 0.717) is 18.9 Å². The highest BCUT2D eigenvalue weighted by atomic mass is 16.2. The quantitative estimate of drug-likeness (QED) is 0.647. The summed E-state index contributed by atoms with van der Waals surface area (Å²) in [6.45, 7) is 8.21. The Balaban J connectivity index is 1.69. The second-order valence-electron chi connectivity index (χ2n) is 7.82. The molecule has 1 fully saturated rings. The van der Waals surface area contributed by atoms with Gasteiger partial charge >= 0.3 is 0 Å². The third-order valence-electron chi connectivity index (χ3n) is 5.71. The Hall–Kier alpha value is -2.62. The number of para-hydroxylation sites is 2. The van der Waals surface area contributed by atoms with Crippen LogP contribution in [0.1, 0.15) is 44.0 Å². The van der Waals surface area contributed by atoms with Crippen LogP contribution in [0.5, 0.6) is 0 Å². The SMILES string of the molecule is CC[C@@H](C)Cn1c([C@@H]2CC(=O)N(c3ccc(C)cc3)C2)nc2ccccc21. The van der Waals surface area contributed by atoms with Gasteiger partial charge in [-0.2, -0.15) is 0 Å². The Labute approximate surface area is 160 Å². The van der Waals surface area contributed by atoms with Crippen LogP contribution in [-0.2, 0) is 11.3 Å². The van der Waals surface area contributed by atoms with Gasteiger partial charge in [0, 0.05) is 31.1 Å². The van der Waals surface area contributed by atoms with Gasteiger partial charge in [0.2, 0.25) is 5.91 Å². The van der Waals surface area contributed by atoms with Crippen LogP contribution in [0.4, 0.5) is 5.69 Å². The zero-order chi connectivity index (χ0) is 19.0. The van der Waals surface area contributed by atoms with E-state index in [2.05, 4.69) is 55.7 Å². The van der Waals surface area contributed by atoms with E-state index in [0.717, 1.165) is 30.0 Å². The molecular formula is C23H27N3O. The minimum absolute atomic E-state index is 0.134. The first-order valence-corrected chi connectivity index (χ1v) is 9.89. The molecule has 1 aliphatic rings. The Bertz CT molecular complexity index is 957. The Morgan fingerprint density at radius 1 is 1.15 bits per heavy atom. The number of aromatic nitrogens is 2. The Morgan fingerprint density at radius 3 is 2.63 bits per heavy atom. The number of imidazole rings is 1. The summed E-state index contributed by atoms with van der Waals surface area (Å²) in [5.41, 5.74) is 4.39. The molecule has 27 heavy (non-hydrogen) atoms. The third kappa shape index (κ3) is 3.36. The zero-order valence-corrected chi connectivity index (χ0v) is 16.4. The number of rotatable bonds is 5.